The van der Waals surface area contributed by atoms with E-state index in [2.05, 4.69) is 22.4 Å². The average molecular weight is 164 g/mol. The van der Waals surface area contributed by atoms with Crippen LogP contribution in [0.4, 0.5) is 0 Å². The number of nitrogens with zero attached hydrogens (tertiary/aromatic N) is 2. The molecule has 2 nitrogen and oxygen atoms in total. The van der Waals surface area contributed by atoms with Crippen LogP contribution in [0.25, 0.3) is 0 Å². The highest BCUT2D eigenvalue weighted by Crippen LogP contribution is 2.23. The van der Waals surface area contributed by atoms with Crippen molar-refractivity contribution in [3.05, 3.63) is 0 Å². The predicted molar refractivity (Wildman–Crippen MR) is 52.2 cm³/mol. The minimum absolute atomic E-state index is 0.594. The highest BCUT2D eigenvalue weighted by atomic mass is 14.8. The summed E-state index contributed by atoms with van der Waals surface area (Å²) in [5, 5.41) is 0. The van der Waals surface area contributed by atoms with Gasteiger partial charge in [0, 0.05) is 12.5 Å². The highest BCUT2D eigenvalue weighted by molar-refractivity contribution is 5.59. The number of aliphatic imine (C=N–C) groups is 2. The van der Waals surface area contributed by atoms with Gasteiger partial charge in [-0.2, -0.15) is 0 Å². The van der Waals surface area contributed by atoms with E-state index >= 15 is 0 Å². The molecule has 2 heteroatoms. The van der Waals surface area contributed by atoms with Crippen LogP contribution in [0.3, 0.4) is 0 Å². The molecule has 0 saturated heterocycles. The van der Waals surface area contributed by atoms with E-state index in [1.165, 1.54) is 25.7 Å². The second-order valence-corrected chi connectivity index (χ2v) is 3.72. The lowest BCUT2D eigenvalue weighted by molar-refractivity contribution is 0.373. The van der Waals surface area contributed by atoms with Crippen LogP contribution in [0, 0.1) is 5.92 Å². The minimum Gasteiger partial charge on any atom is -0.297 e. The van der Waals surface area contributed by atoms with Crippen molar-refractivity contribution in [2.45, 2.75) is 38.1 Å². The van der Waals surface area contributed by atoms with Gasteiger partial charge in [-0.25, -0.2) is 0 Å². The third kappa shape index (κ3) is 1.74. The lowest BCUT2D eigenvalue weighted by atomic mass is 9.89. The van der Waals surface area contributed by atoms with Gasteiger partial charge in [0.25, 0.3) is 0 Å². The van der Waals surface area contributed by atoms with E-state index in [1.807, 2.05) is 0 Å². The van der Waals surface area contributed by atoms with E-state index in [0.717, 1.165) is 18.9 Å². The summed E-state index contributed by atoms with van der Waals surface area (Å²) in [6.07, 6.45) is 10.4. The first kappa shape index (κ1) is 7.96. The molecule has 0 spiro atoms. The Hall–Kier alpha value is -0.660. The first-order valence-corrected chi connectivity index (χ1v) is 4.97. The van der Waals surface area contributed by atoms with Crippen LogP contribution in [0.15, 0.2) is 9.98 Å². The molecule has 0 fully saturated rings. The molecule has 0 aromatic rings. The predicted octanol–water partition coefficient (Wildman–Crippen LogP) is 2.09. The molecule has 0 amide bonds. The van der Waals surface area contributed by atoms with Crippen molar-refractivity contribution in [2.75, 3.05) is 6.54 Å². The summed E-state index contributed by atoms with van der Waals surface area (Å²) in [7, 11) is 0. The maximum Gasteiger partial charge on any atom is 0.0541 e. The molecule has 0 radical (unpaired) electrons. The Bertz CT molecular complexity index is 196. The fraction of sp³-hybridized carbons (Fsp3) is 0.800. The largest absolute Gasteiger partial charge is 0.297 e. The van der Waals surface area contributed by atoms with Crippen molar-refractivity contribution >= 4 is 12.4 Å². The van der Waals surface area contributed by atoms with E-state index in [1.54, 1.807) is 0 Å². The molecule has 2 aliphatic rings. The van der Waals surface area contributed by atoms with Crippen molar-refractivity contribution < 1.29 is 0 Å². The molecule has 2 heterocycles. The van der Waals surface area contributed by atoms with Crippen molar-refractivity contribution in [3.63, 3.8) is 0 Å². The lowest BCUT2D eigenvalue weighted by Crippen LogP contribution is -2.25. The van der Waals surface area contributed by atoms with Crippen LogP contribution < -0.4 is 0 Å². The number of hydrogen-bond donors (Lipinski definition) is 0. The van der Waals surface area contributed by atoms with Gasteiger partial charge in [0.05, 0.1) is 6.04 Å². The molecule has 2 aliphatic heterocycles. The van der Waals surface area contributed by atoms with Crippen LogP contribution in [0.5, 0.6) is 0 Å². The van der Waals surface area contributed by atoms with Crippen LogP contribution >= 0.6 is 0 Å². The molecular formula is C10H16N2. The van der Waals surface area contributed by atoms with E-state index in [-0.39, 0.29) is 0 Å². The maximum absolute atomic E-state index is 4.55. The van der Waals surface area contributed by atoms with E-state index in [9.17, 15) is 0 Å². The zero-order valence-electron chi connectivity index (χ0n) is 7.45. The summed E-state index contributed by atoms with van der Waals surface area (Å²) in [5.41, 5.74) is 0. The van der Waals surface area contributed by atoms with E-state index in [4.69, 9.17) is 0 Å². The van der Waals surface area contributed by atoms with Gasteiger partial charge < -0.3 is 0 Å². The van der Waals surface area contributed by atoms with Crippen molar-refractivity contribution in [3.8, 4) is 0 Å². The molecule has 0 N–H and O–H groups in total. The van der Waals surface area contributed by atoms with Gasteiger partial charge in [-0.15, -0.1) is 0 Å². The van der Waals surface area contributed by atoms with Crippen LogP contribution in [-0.4, -0.2) is 25.0 Å². The maximum atomic E-state index is 4.55. The molecule has 2 unspecified atom stereocenters. The van der Waals surface area contributed by atoms with Crippen molar-refractivity contribution in [1.82, 2.24) is 0 Å². The minimum atomic E-state index is 0.594. The van der Waals surface area contributed by atoms with Crippen LogP contribution in [0.2, 0.25) is 0 Å². The van der Waals surface area contributed by atoms with Gasteiger partial charge in [0.2, 0.25) is 0 Å². The second kappa shape index (κ2) is 3.83. The normalized spacial score (nSPS) is 35.3. The smallest absolute Gasteiger partial charge is 0.0541 e. The van der Waals surface area contributed by atoms with E-state index < -0.39 is 0 Å². The zero-order chi connectivity index (χ0) is 8.23. The Kier molecular flexibility index (Phi) is 2.54. The Morgan fingerprint density at radius 1 is 1.08 bits per heavy atom. The number of hydrogen-bond acceptors (Lipinski definition) is 2. The molecule has 2 rings (SSSR count). The molecule has 2 atom stereocenters. The second-order valence-electron chi connectivity index (χ2n) is 3.72. The Labute approximate surface area is 73.8 Å². The summed E-state index contributed by atoms with van der Waals surface area (Å²) in [5.74, 6) is 0.742. The van der Waals surface area contributed by atoms with Gasteiger partial charge in [-0.1, -0.05) is 0 Å². The highest BCUT2D eigenvalue weighted by Gasteiger charge is 2.22. The molecule has 12 heavy (non-hydrogen) atoms. The molecule has 0 aliphatic carbocycles. The Morgan fingerprint density at radius 2 is 2.08 bits per heavy atom. The first-order valence-electron chi connectivity index (χ1n) is 4.97. The standard InChI is InChI=1S/C10H16N2/c1-2-7-12-10(5-1)9-4-3-6-11-8-9/h6-7,9-10H,1-5,8H2. The molecule has 0 bridgehead atoms. The summed E-state index contributed by atoms with van der Waals surface area (Å²) in [6.45, 7) is 1.02. The molecular weight excluding hydrogens is 148 g/mol. The summed E-state index contributed by atoms with van der Waals surface area (Å²) in [4.78, 5) is 8.89. The quantitative estimate of drug-likeness (QED) is 0.567. The van der Waals surface area contributed by atoms with Crippen molar-refractivity contribution in [2.24, 2.45) is 15.9 Å². The van der Waals surface area contributed by atoms with Crippen LogP contribution in [-0.2, 0) is 0 Å². The molecule has 66 valence electrons. The average Bonchev–Trinajstić information content (AvgIpc) is 2.21. The Morgan fingerprint density at radius 3 is 2.75 bits per heavy atom. The zero-order valence-corrected chi connectivity index (χ0v) is 7.45. The summed E-state index contributed by atoms with van der Waals surface area (Å²) in [6, 6.07) is 0.594. The van der Waals surface area contributed by atoms with Gasteiger partial charge >= 0.3 is 0 Å². The fourth-order valence-corrected chi connectivity index (χ4v) is 2.06. The third-order valence-corrected chi connectivity index (χ3v) is 2.81. The summed E-state index contributed by atoms with van der Waals surface area (Å²) >= 11 is 0. The lowest BCUT2D eigenvalue weighted by Gasteiger charge is -2.26. The number of rotatable bonds is 1. The third-order valence-electron chi connectivity index (χ3n) is 2.81. The van der Waals surface area contributed by atoms with Crippen molar-refractivity contribution in [1.29, 1.82) is 0 Å². The molecule has 0 aromatic heterocycles. The fourth-order valence-electron chi connectivity index (χ4n) is 2.06. The topological polar surface area (TPSA) is 24.7 Å². The monoisotopic (exact) mass is 164 g/mol. The first-order chi connectivity index (χ1) is 5.97. The molecule has 0 aromatic carbocycles. The van der Waals surface area contributed by atoms with Gasteiger partial charge in [0.1, 0.15) is 0 Å². The van der Waals surface area contributed by atoms with Gasteiger partial charge in [0.15, 0.2) is 0 Å². The summed E-state index contributed by atoms with van der Waals surface area (Å²) < 4.78 is 0. The van der Waals surface area contributed by atoms with Gasteiger partial charge in [-0.05, 0) is 44.5 Å². The van der Waals surface area contributed by atoms with E-state index in [0.29, 0.717) is 6.04 Å². The van der Waals surface area contributed by atoms with Gasteiger partial charge in [-0.3, -0.25) is 9.98 Å². The Balaban J connectivity index is 1.94. The van der Waals surface area contributed by atoms with Crippen LogP contribution in [0.1, 0.15) is 32.1 Å². The SMILES string of the molecule is C1=NCC(C2CCCC=N2)CC1. The molecule has 0 saturated carbocycles.